The van der Waals surface area contributed by atoms with Crippen molar-refractivity contribution in [2.24, 2.45) is 0 Å². The molecule has 26 valence electrons. The fourth-order valence-electron chi connectivity index (χ4n) is 0. The van der Waals surface area contributed by atoms with Gasteiger partial charge in [0.25, 0.3) is 0 Å². The molecular weight excluding hydrogens is 90.0 g/mol. The molecule has 0 spiro atoms. The molecule has 0 aliphatic heterocycles. The van der Waals surface area contributed by atoms with E-state index in [0.29, 0.717) is 5.66 Å². The van der Waals surface area contributed by atoms with E-state index >= 15 is 0 Å². The molecule has 0 rings (SSSR count). The van der Waals surface area contributed by atoms with Crippen LogP contribution in [0.2, 0.25) is 0 Å². The molecule has 0 aromatic carbocycles. The van der Waals surface area contributed by atoms with E-state index < -0.39 is 0 Å². The second-order valence-corrected chi connectivity index (χ2v) is 2.13. The molecule has 0 heterocycles. The second kappa shape index (κ2) is 5.43. The third-order valence-corrected chi connectivity index (χ3v) is 0. The van der Waals surface area contributed by atoms with Gasteiger partial charge in [0.1, 0.15) is 0 Å². The topological polar surface area (TPSA) is 0 Å². The van der Waals surface area contributed by atoms with Crippen LogP contribution in [0.1, 0.15) is 13.8 Å². The first-order valence-corrected chi connectivity index (χ1v) is 1.93. The van der Waals surface area contributed by atoms with E-state index in [1.807, 2.05) is 13.8 Å². The van der Waals surface area contributed by atoms with E-state index in [1.54, 1.807) is 0 Å². The summed E-state index contributed by atoms with van der Waals surface area (Å²) in [7, 11) is 3.97. The van der Waals surface area contributed by atoms with Crippen molar-refractivity contribution in [2.45, 2.75) is 19.5 Å². The minimum atomic E-state index is 0. The van der Waals surface area contributed by atoms with Crippen molar-refractivity contribution < 1.29 is 0 Å². The zero-order valence-corrected chi connectivity index (χ0v) is 3.92. The van der Waals surface area contributed by atoms with Crippen molar-refractivity contribution in [1.29, 1.82) is 0 Å². The standard InChI is InChI=1S/C3H7P.Na.H/c1-3(2)4;;/h3H,1-2H3;;. The summed E-state index contributed by atoms with van der Waals surface area (Å²) in [5.74, 6) is 0. The molecule has 0 nitrogen and oxygen atoms in total. The van der Waals surface area contributed by atoms with Gasteiger partial charge < -0.3 is 0 Å². The van der Waals surface area contributed by atoms with Crippen LogP contribution in [0.25, 0.3) is 0 Å². The quantitative estimate of drug-likeness (QED) is 0.315. The first-order chi connectivity index (χ1) is 1.73. The van der Waals surface area contributed by atoms with Crippen molar-refractivity contribution in [3.05, 3.63) is 0 Å². The Bertz CT molecular complexity index is 11.6. The minimum absolute atomic E-state index is 0. The van der Waals surface area contributed by atoms with Gasteiger partial charge in [-0.05, 0) is 14.9 Å². The van der Waals surface area contributed by atoms with E-state index in [0.717, 1.165) is 0 Å². The normalized spacial score (nSPS) is 7.20. The van der Waals surface area contributed by atoms with Gasteiger partial charge in [-0.15, -0.1) is 0 Å². The molecule has 0 amide bonds. The van der Waals surface area contributed by atoms with Gasteiger partial charge in [-0.1, -0.05) is 13.8 Å². The van der Waals surface area contributed by atoms with E-state index in [1.165, 1.54) is 0 Å². The Kier molecular flexibility index (Phi) is 10.5. The molecule has 0 N–H and O–H groups in total. The summed E-state index contributed by atoms with van der Waals surface area (Å²) >= 11 is 0. The van der Waals surface area contributed by atoms with Crippen LogP contribution < -0.4 is 0 Å². The zero-order chi connectivity index (χ0) is 3.58. The second-order valence-electron chi connectivity index (χ2n) is 1.09. The Morgan fingerprint density at radius 1 is 1.40 bits per heavy atom. The molecule has 0 bridgehead atoms. The Hall–Kier alpha value is 1.43. The number of hydrogen-bond acceptors (Lipinski definition) is 0. The molecule has 2 radical (unpaired) electrons. The van der Waals surface area contributed by atoms with Crippen molar-refractivity contribution >= 4 is 38.8 Å². The van der Waals surface area contributed by atoms with Gasteiger partial charge >= 0.3 is 29.6 Å². The third-order valence-electron chi connectivity index (χ3n) is 0. The molecular formula is C3H8NaP. The van der Waals surface area contributed by atoms with Crippen LogP contribution >= 0.6 is 9.24 Å². The SMILES string of the molecule is CC(C)[P].[NaH]. The zero-order valence-electron chi connectivity index (χ0n) is 3.02. The fraction of sp³-hybridized carbons (Fsp3) is 1.00. The maximum atomic E-state index is 3.97. The van der Waals surface area contributed by atoms with Crippen LogP contribution in [-0.2, 0) is 0 Å². The van der Waals surface area contributed by atoms with Gasteiger partial charge in [0.2, 0.25) is 0 Å². The summed E-state index contributed by atoms with van der Waals surface area (Å²) in [5, 5.41) is 0. The van der Waals surface area contributed by atoms with Crippen LogP contribution in [0.15, 0.2) is 0 Å². The number of rotatable bonds is 0. The molecule has 0 aliphatic rings. The van der Waals surface area contributed by atoms with Crippen molar-refractivity contribution in [3.8, 4) is 0 Å². The van der Waals surface area contributed by atoms with Gasteiger partial charge in [0.15, 0.2) is 0 Å². The molecule has 0 fully saturated rings. The van der Waals surface area contributed by atoms with E-state index in [9.17, 15) is 0 Å². The Labute approximate surface area is 58.2 Å². The predicted molar refractivity (Wildman–Crippen MR) is 29.2 cm³/mol. The van der Waals surface area contributed by atoms with E-state index in [2.05, 4.69) is 9.24 Å². The van der Waals surface area contributed by atoms with Gasteiger partial charge in [0, 0.05) is 0 Å². The van der Waals surface area contributed by atoms with Crippen molar-refractivity contribution in [1.82, 2.24) is 0 Å². The number of hydrogen-bond donors (Lipinski definition) is 0. The summed E-state index contributed by atoms with van der Waals surface area (Å²) in [6, 6.07) is 0. The first-order valence-electron chi connectivity index (χ1n) is 1.41. The molecule has 0 atom stereocenters. The van der Waals surface area contributed by atoms with E-state index in [-0.39, 0.29) is 29.6 Å². The van der Waals surface area contributed by atoms with Gasteiger partial charge in [-0.25, -0.2) is 0 Å². The Balaban J connectivity index is 0. The first kappa shape index (κ1) is 9.66. The Morgan fingerprint density at radius 2 is 1.40 bits per heavy atom. The third kappa shape index (κ3) is 31.2. The molecule has 2 heteroatoms. The molecule has 0 aromatic rings. The van der Waals surface area contributed by atoms with Crippen molar-refractivity contribution in [2.75, 3.05) is 0 Å². The predicted octanol–water partition coefficient (Wildman–Crippen LogP) is 1.16. The molecule has 0 aliphatic carbocycles. The average molecular weight is 98.1 g/mol. The summed E-state index contributed by atoms with van der Waals surface area (Å²) in [6.45, 7) is 4.06. The van der Waals surface area contributed by atoms with Crippen molar-refractivity contribution in [3.63, 3.8) is 0 Å². The van der Waals surface area contributed by atoms with Crippen LogP contribution in [-0.4, -0.2) is 35.2 Å². The summed E-state index contributed by atoms with van der Waals surface area (Å²) in [5.41, 5.74) is 0.528. The van der Waals surface area contributed by atoms with Gasteiger partial charge in [-0.3, -0.25) is 0 Å². The molecule has 0 saturated carbocycles. The monoisotopic (exact) mass is 98.0 g/mol. The molecule has 0 unspecified atom stereocenters. The Morgan fingerprint density at radius 3 is 1.40 bits per heavy atom. The van der Waals surface area contributed by atoms with Crippen LogP contribution in [0.5, 0.6) is 0 Å². The molecule has 0 aromatic heterocycles. The maximum absolute atomic E-state index is 3.97. The van der Waals surface area contributed by atoms with Crippen LogP contribution in [0.4, 0.5) is 0 Å². The van der Waals surface area contributed by atoms with E-state index in [4.69, 9.17) is 0 Å². The molecule has 5 heavy (non-hydrogen) atoms. The average Bonchev–Trinajstić information content (AvgIpc) is 0.811. The van der Waals surface area contributed by atoms with Crippen LogP contribution in [0, 0.1) is 0 Å². The summed E-state index contributed by atoms with van der Waals surface area (Å²) < 4.78 is 0. The summed E-state index contributed by atoms with van der Waals surface area (Å²) in [6.07, 6.45) is 0. The van der Waals surface area contributed by atoms with Gasteiger partial charge in [-0.2, -0.15) is 0 Å². The fourth-order valence-corrected chi connectivity index (χ4v) is 0. The van der Waals surface area contributed by atoms with Gasteiger partial charge in [0.05, 0.1) is 0 Å². The van der Waals surface area contributed by atoms with Crippen LogP contribution in [0.3, 0.4) is 0 Å². The summed E-state index contributed by atoms with van der Waals surface area (Å²) in [4.78, 5) is 0. The molecule has 0 saturated heterocycles.